The third-order valence-corrected chi connectivity index (χ3v) is 3.01. The smallest absolute Gasteiger partial charge is 0.0947 e. The van der Waals surface area contributed by atoms with E-state index in [4.69, 9.17) is 10.2 Å². The molecule has 0 aliphatic rings. The molecule has 0 saturated carbocycles. The summed E-state index contributed by atoms with van der Waals surface area (Å²) in [5.74, 6) is 0.727. The molecule has 0 saturated heterocycles. The van der Waals surface area contributed by atoms with Gasteiger partial charge in [-0.3, -0.25) is 0 Å². The molecular formula is C14H26N2O. The summed E-state index contributed by atoms with van der Waals surface area (Å²) in [5.41, 5.74) is 7.00. The molecule has 0 aliphatic heterocycles. The predicted octanol–water partition coefficient (Wildman–Crippen LogP) is 2.87. The first-order valence-corrected chi connectivity index (χ1v) is 6.53. The van der Waals surface area contributed by atoms with Crippen LogP contribution in [0, 0.1) is 5.92 Å². The van der Waals surface area contributed by atoms with Gasteiger partial charge in [-0.1, -0.05) is 13.3 Å². The van der Waals surface area contributed by atoms with E-state index >= 15 is 0 Å². The molecule has 1 heterocycles. The Kier molecular flexibility index (Phi) is 6.30. The number of nitrogens with zero attached hydrogens (tertiary/aromatic N) is 1. The highest BCUT2D eigenvalue weighted by molar-refractivity contribution is 5.04. The van der Waals surface area contributed by atoms with E-state index in [1.54, 1.807) is 6.26 Å². The molecule has 0 spiro atoms. The SMILES string of the molecule is CC(N)CCCC(C)CN(C)Cc1ccoc1. The molecule has 1 aromatic rings. The average molecular weight is 238 g/mol. The van der Waals surface area contributed by atoms with Gasteiger partial charge in [0.15, 0.2) is 0 Å². The second-order valence-corrected chi connectivity index (χ2v) is 5.34. The Morgan fingerprint density at radius 2 is 2.12 bits per heavy atom. The Hall–Kier alpha value is -0.800. The fraction of sp³-hybridized carbons (Fsp3) is 0.714. The zero-order valence-corrected chi connectivity index (χ0v) is 11.4. The maximum Gasteiger partial charge on any atom is 0.0947 e. The average Bonchev–Trinajstić information content (AvgIpc) is 2.69. The molecule has 1 rings (SSSR count). The van der Waals surface area contributed by atoms with Crippen molar-refractivity contribution in [1.29, 1.82) is 0 Å². The minimum absolute atomic E-state index is 0.339. The standard InChI is InChI=1S/C14H26N2O/c1-12(5-4-6-13(2)15)9-16(3)10-14-7-8-17-11-14/h7-8,11-13H,4-6,9-10,15H2,1-3H3. The molecule has 1 aromatic heterocycles. The Bertz CT molecular complexity index is 282. The lowest BCUT2D eigenvalue weighted by atomic mass is 10.0. The molecule has 98 valence electrons. The van der Waals surface area contributed by atoms with Crippen molar-refractivity contribution in [2.75, 3.05) is 13.6 Å². The summed E-state index contributed by atoms with van der Waals surface area (Å²) >= 11 is 0. The van der Waals surface area contributed by atoms with E-state index in [-0.39, 0.29) is 0 Å². The van der Waals surface area contributed by atoms with Crippen molar-refractivity contribution in [3.8, 4) is 0 Å². The van der Waals surface area contributed by atoms with Crippen LogP contribution in [0.4, 0.5) is 0 Å². The van der Waals surface area contributed by atoms with Crippen molar-refractivity contribution in [2.45, 2.75) is 45.7 Å². The molecule has 2 N–H and O–H groups in total. The Morgan fingerprint density at radius 1 is 1.35 bits per heavy atom. The maximum absolute atomic E-state index is 5.75. The third-order valence-electron chi connectivity index (χ3n) is 3.01. The van der Waals surface area contributed by atoms with E-state index in [0.717, 1.165) is 25.4 Å². The van der Waals surface area contributed by atoms with Gasteiger partial charge in [0.1, 0.15) is 0 Å². The maximum atomic E-state index is 5.75. The minimum atomic E-state index is 0.339. The molecule has 0 aliphatic carbocycles. The lowest BCUT2D eigenvalue weighted by Crippen LogP contribution is -2.24. The number of hydrogen-bond acceptors (Lipinski definition) is 3. The topological polar surface area (TPSA) is 42.4 Å². The van der Waals surface area contributed by atoms with E-state index in [0.29, 0.717) is 6.04 Å². The van der Waals surface area contributed by atoms with E-state index in [2.05, 4.69) is 25.8 Å². The van der Waals surface area contributed by atoms with Crippen molar-refractivity contribution >= 4 is 0 Å². The van der Waals surface area contributed by atoms with Gasteiger partial charge >= 0.3 is 0 Å². The van der Waals surface area contributed by atoms with Crippen molar-refractivity contribution in [2.24, 2.45) is 11.7 Å². The van der Waals surface area contributed by atoms with Crippen molar-refractivity contribution in [3.63, 3.8) is 0 Å². The number of nitrogens with two attached hydrogens (primary N) is 1. The lowest BCUT2D eigenvalue weighted by molar-refractivity contribution is 0.266. The Morgan fingerprint density at radius 3 is 2.71 bits per heavy atom. The quantitative estimate of drug-likeness (QED) is 0.757. The summed E-state index contributed by atoms with van der Waals surface area (Å²) in [7, 11) is 2.16. The van der Waals surface area contributed by atoms with Gasteiger partial charge in [-0.25, -0.2) is 0 Å². The van der Waals surface area contributed by atoms with E-state index < -0.39 is 0 Å². The molecule has 2 unspecified atom stereocenters. The van der Waals surface area contributed by atoms with Crippen molar-refractivity contribution < 1.29 is 4.42 Å². The summed E-state index contributed by atoms with van der Waals surface area (Å²) in [4.78, 5) is 2.35. The molecule has 17 heavy (non-hydrogen) atoms. The van der Waals surface area contributed by atoms with Crippen LogP contribution in [0.2, 0.25) is 0 Å². The van der Waals surface area contributed by atoms with E-state index in [1.807, 2.05) is 12.3 Å². The van der Waals surface area contributed by atoms with Crippen LogP contribution in [-0.4, -0.2) is 24.5 Å². The largest absolute Gasteiger partial charge is 0.472 e. The zero-order valence-electron chi connectivity index (χ0n) is 11.4. The zero-order chi connectivity index (χ0) is 12.7. The summed E-state index contributed by atoms with van der Waals surface area (Å²) in [6.07, 6.45) is 7.18. The Labute approximate surface area is 105 Å². The molecule has 0 aromatic carbocycles. The molecule has 3 nitrogen and oxygen atoms in total. The highest BCUT2D eigenvalue weighted by Crippen LogP contribution is 2.12. The second-order valence-electron chi connectivity index (χ2n) is 5.34. The first-order chi connectivity index (χ1) is 8.08. The van der Waals surface area contributed by atoms with E-state index in [9.17, 15) is 0 Å². The highest BCUT2D eigenvalue weighted by Gasteiger charge is 2.08. The molecule has 0 bridgehead atoms. The predicted molar refractivity (Wildman–Crippen MR) is 71.7 cm³/mol. The van der Waals surface area contributed by atoms with Crippen LogP contribution in [0.15, 0.2) is 23.0 Å². The Balaban J connectivity index is 2.14. The third kappa shape index (κ3) is 6.49. The van der Waals surface area contributed by atoms with Gasteiger partial charge in [0.2, 0.25) is 0 Å². The molecule has 0 fully saturated rings. The van der Waals surface area contributed by atoms with Crippen LogP contribution in [0.25, 0.3) is 0 Å². The fourth-order valence-corrected chi connectivity index (χ4v) is 2.17. The molecular weight excluding hydrogens is 212 g/mol. The van der Waals surface area contributed by atoms with Crippen LogP contribution in [0.5, 0.6) is 0 Å². The van der Waals surface area contributed by atoms with E-state index in [1.165, 1.54) is 18.4 Å². The van der Waals surface area contributed by atoms with Gasteiger partial charge in [0.25, 0.3) is 0 Å². The normalized spacial score (nSPS) is 15.1. The molecule has 0 amide bonds. The van der Waals surface area contributed by atoms with Crippen LogP contribution >= 0.6 is 0 Å². The summed E-state index contributed by atoms with van der Waals surface area (Å²) in [6, 6.07) is 2.36. The van der Waals surface area contributed by atoms with Crippen molar-refractivity contribution in [3.05, 3.63) is 24.2 Å². The second kappa shape index (κ2) is 7.51. The van der Waals surface area contributed by atoms with Gasteiger partial charge in [-0.15, -0.1) is 0 Å². The van der Waals surface area contributed by atoms with Crippen LogP contribution < -0.4 is 5.73 Å². The molecule has 2 atom stereocenters. The first kappa shape index (κ1) is 14.3. The first-order valence-electron chi connectivity index (χ1n) is 6.53. The number of furan rings is 1. The molecule has 3 heteroatoms. The van der Waals surface area contributed by atoms with Gasteiger partial charge in [-0.2, -0.15) is 0 Å². The van der Waals surface area contributed by atoms with Crippen LogP contribution in [-0.2, 0) is 6.54 Å². The molecule has 0 radical (unpaired) electrons. The highest BCUT2D eigenvalue weighted by atomic mass is 16.3. The lowest BCUT2D eigenvalue weighted by Gasteiger charge is -2.20. The minimum Gasteiger partial charge on any atom is -0.472 e. The number of rotatable bonds is 8. The van der Waals surface area contributed by atoms with Gasteiger partial charge in [0.05, 0.1) is 12.5 Å². The fourth-order valence-electron chi connectivity index (χ4n) is 2.17. The van der Waals surface area contributed by atoms with Crippen LogP contribution in [0.1, 0.15) is 38.7 Å². The van der Waals surface area contributed by atoms with Gasteiger partial charge in [-0.05, 0) is 38.8 Å². The number of hydrogen-bond donors (Lipinski definition) is 1. The van der Waals surface area contributed by atoms with Gasteiger partial charge in [0, 0.05) is 24.7 Å². The summed E-state index contributed by atoms with van der Waals surface area (Å²) < 4.78 is 5.07. The summed E-state index contributed by atoms with van der Waals surface area (Å²) in [5, 5.41) is 0. The van der Waals surface area contributed by atoms with Gasteiger partial charge < -0.3 is 15.1 Å². The monoisotopic (exact) mass is 238 g/mol. The van der Waals surface area contributed by atoms with Crippen molar-refractivity contribution in [1.82, 2.24) is 4.90 Å². The van der Waals surface area contributed by atoms with Crippen LogP contribution in [0.3, 0.4) is 0 Å². The summed E-state index contributed by atoms with van der Waals surface area (Å²) in [6.45, 7) is 6.49.